The first-order valence-corrected chi connectivity index (χ1v) is 7.31. The van der Waals surface area contributed by atoms with Gasteiger partial charge in [0.15, 0.2) is 12.1 Å². The maximum Gasteiger partial charge on any atom is 0.330 e. The predicted molar refractivity (Wildman–Crippen MR) is 86.9 cm³/mol. The number of rotatable bonds is 7. The highest BCUT2D eigenvalue weighted by Gasteiger charge is 2.25. The number of benzene rings is 2. The van der Waals surface area contributed by atoms with Gasteiger partial charge in [-0.15, -0.1) is 0 Å². The van der Waals surface area contributed by atoms with Crippen LogP contribution in [0.1, 0.15) is 28.9 Å². The van der Waals surface area contributed by atoms with E-state index in [1.54, 1.807) is 54.6 Å². The number of hydrogen-bond acceptors (Lipinski definition) is 4. The van der Waals surface area contributed by atoms with Gasteiger partial charge in [-0.25, -0.2) is 4.79 Å². The van der Waals surface area contributed by atoms with Crippen molar-refractivity contribution in [1.29, 1.82) is 0 Å². The van der Waals surface area contributed by atoms with Gasteiger partial charge in [0.2, 0.25) is 0 Å². The fourth-order valence-electron chi connectivity index (χ4n) is 2.08. The molecular weight excluding hydrogens is 310 g/mol. The van der Waals surface area contributed by atoms with E-state index < -0.39 is 24.0 Å². The lowest BCUT2D eigenvalue weighted by Crippen LogP contribution is -2.41. The molecule has 2 unspecified atom stereocenters. The molecule has 0 radical (unpaired) electrons. The molecule has 0 aliphatic carbocycles. The van der Waals surface area contributed by atoms with Gasteiger partial charge in [0, 0.05) is 5.56 Å². The van der Waals surface area contributed by atoms with Crippen LogP contribution in [-0.2, 0) is 9.59 Å². The Balaban J connectivity index is 2.03. The van der Waals surface area contributed by atoms with E-state index in [4.69, 9.17) is 4.74 Å². The fourth-order valence-corrected chi connectivity index (χ4v) is 2.08. The van der Waals surface area contributed by atoms with Crippen molar-refractivity contribution in [3.63, 3.8) is 0 Å². The quantitative estimate of drug-likeness (QED) is 0.761. The molecule has 24 heavy (non-hydrogen) atoms. The van der Waals surface area contributed by atoms with E-state index in [1.807, 2.05) is 0 Å². The summed E-state index contributed by atoms with van der Waals surface area (Å²) < 4.78 is 5.47. The number of nitrogens with one attached hydrogen (secondary N) is 1. The van der Waals surface area contributed by atoms with Crippen molar-refractivity contribution < 1.29 is 24.2 Å². The number of aliphatic carboxylic acids is 1. The van der Waals surface area contributed by atoms with Crippen molar-refractivity contribution in [3.8, 4) is 5.75 Å². The molecule has 0 heterocycles. The highest BCUT2D eigenvalue weighted by molar-refractivity contribution is 5.87. The Morgan fingerprint density at radius 3 is 2.25 bits per heavy atom. The Labute approximate surface area is 139 Å². The maximum atomic E-state index is 12.2. The maximum absolute atomic E-state index is 12.2. The van der Waals surface area contributed by atoms with E-state index in [9.17, 15) is 19.5 Å². The lowest BCUT2D eigenvalue weighted by molar-refractivity contribution is -0.143. The first-order valence-electron chi connectivity index (χ1n) is 7.31. The van der Waals surface area contributed by atoms with Crippen molar-refractivity contribution in [2.24, 2.45) is 0 Å². The number of carboxylic acid groups (broad SMARTS) is 1. The Bertz CT molecular complexity index is 712. The summed E-state index contributed by atoms with van der Waals surface area (Å²) in [6.07, 6.45) is -0.185. The van der Waals surface area contributed by atoms with Crippen LogP contribution in [0.15, 0.2) is 54.6 Å². The molecule has 0 saturated carbocycles. The molecule has 0 aromatic heterocycles. The molecule has 6 nitrogen and oxygen atoms in total. The van der Waals surface area contributed by atoms with Crippen LogP contribution >= 0.6 is 0 Å². The van der Waals surface area contributed by atoms with Gasteiger partial charge in [0.05, 0.1) is 0 Å². The second-order valence-corrected chi connectivity index (χ2v) is 5.14. The third-order valence-electron chi connectivity index (χ3n) is 3.36. The molecule has 2 aromatic carbocycles. The second kappa shape index (κ2) is 7.92. The monoisotopic (exact) mass is 327 g/mol. The van der Waals surface area contributed by atoms with Gasteiger partial charge >= 0.3 is 5.97 Å². The lowest BCUT2D eigenvalue weighted by atomic mass is 10.1. The summed E-state index contributed by atoms with van der Waals surface area (Å²) >= 11 is 0. The molecule has 0 aliphatic heterocycles. The van der Waals surface area contributed by atoms with Crippen molar-refractivity contribution in [3.05, 3.63) is 65.7 Å². The number of hydrogen-bond donors (Lipinski definition) is 2. The van der Waals surface area contributed by atoms with Crippen molar-refractivity contribution in [2.45, 2.75) is 19.1 Å². The summed E-state index contributed by atoms with van der Waals surface area (Å²) in [5.74, 6) is -1.29. The highest BCUT2D eigenvalue weighted by atomic mass is 16.5. The zero-order valence-corrected chi connectivity index (χ0v) is 13.0. The van der Waals surface area contributed by atoms with Crippen molar-refractivity contribution in [1.82, 2.24) is 5.32 Å². The van der Waals surface area contributed by atoms with Crippen molar-refractivity contribution >= 4 is 18.2 Å². The number of ether oxygens (including phenoxy) is 1. The third kappa shape index (κ3) is 4.42. The Kier molecular flexibility index (Phi) is 5.68. The summed E-state index contributed by atoms with van der Waals surface area (Å²) in [4.78, 5) is 34.2. The van der Waals surface area contributed by atoms with Gasteiger partial charge in [0.1, 0.15) is 12.0 Å². The molecule has 0 aliphatic rings. The van der Waals surface area contributed by atoms with Gasteiger partial charge in [-0.1, -0.05) is 30.3 Å². The summed E-state index contributed by atoms with van der Waals surface area (Å²) in [6.45, 7) is 1.52. The van der Waals surface area contributed by atoms with E-state index in [1.165, 1.54) is 6.92 Å². The molecule has 1 amide bonds. The van der Waals surface area contributed by atoms with Crippen LogP contribution in [0, 0.1) is 0 Å². The lowest BCUT2D eigenvalue weighted by Gasteiger charge is -2.19. The molecule has 2 rings (SSSR count). The minimum atomic E-state index is -1.16. The third-order valence-corrected chi connectivity index (χ3v) is 3.36. The van der Waals surface area contributed by atoms with Gasteiger partial charge in [-0.2, -0.15) is 0 Å². The first kappa shape index (κ1) is 17.2. The highest BCUT2D eigenvalue weighted by Crippen LogP contribution is 2.15. The van der Waals surface area contributed by atoms with Crippen LogP contribution < -0.4 is 10.1 Å². The Morgan fingerprint density at radius 2 is 1.71 bits per heavy atom. The molecule has 2 aromatic rings. The largest absolute Gasteiger partial charge is 0.481 e. The SMILES string of the molecule is CC(Oc1ccc(C=O)cc1)C(=O)NC(C(=O)O)c1ccccc1. The number of carbonyl (C=O) groups is 3. The summed E-state index contributed by atoms with van der Waals surface area (Å²) in [7, 11) is 0. The minimum absolute atomic E-state index is 0.412. The zero-order chi connectivity index (χ0) is 17.5. The summed E-state index contributed by atoms with van der Waals surface area (Å²) in [6, 6.07) is 13.5. The van der Waals surface area contributed by atoms with Crippen LogP contribution in [0.2, 0.25) is 0 Å². The molecule has 0 saturated heterocycles. The van der Waals surface area contributed by atoms with Gasteiger partial charge in [-0.05, 0) is 36.8 Å². The second-order valence-electron chi connectivity index (χ2n) is 5.14. The topological polar surface area (TPSA) is 92.7 Å². The normalized spacial score (nSPS) is 12.7. The molecule has 0 bridgehead atoms. The Hall–Kier alpha value is -3.15. The van der Waals surface area contributed by atoms with Crippen LogP contribution in [0.4, 0.5) is 0 Å². The smallest absolute Gasteiger partial charge is 0.330 e. The van der Waals surface area contributed by atoms with Crippen LogP contribution in [0.5, 0.6) is 5.75 Å². The van der Waals surface area contributed by atoms with Gasteiger partial charge in [0.25, 0.3) is 5.91 Å². The van der Waals surface area contributed by atoms with Crippen LogP contribution in [0.3, 0.4) is 0 Å². The van der Waals surface area contributed by atoms with Crippen LogP contribution in [-0.4, -0.2) is 29.4 Å². The standard InChI is InChI=1S/C18H17NO5/c1-12(24-15-9-7-13(11-20)8-10-15)17(21)19-16(18(22)23)14-5-3-2-4-6-14/h2-12,16H,1H3,(H,19,21)(H,22,23). The van der Waals surface area contributed by atoms with E-state index in [0.717, 1.165) is 0 Å². The molecular formula is C18H17NO5. The molecule has 0 fully saturated rings. The summed E-state index contributed by atoms with van der Waals surface area (Å²) in [5.41, 5.74) is 0.968. The number of carbonyl (C=O) groups excluding carboxylic acids is 2. The molecule has 0 spiro atoms. The van der Waals surface area contributed by atoms with E-state index in [0.29, 0.717) is 23.2 Å². The van der Waals surface area contributed by atoms with Gasteiger partial charge in [-0.3, -0.25) is 9.59 Å². The van der Waals surface area contributed by atoms with Crippen molar-refractivity contribution in [2.75, 3.05) is 0 Å². The summed E-state index contributed by atoms with van der Waals surface area (Å²) in [5, 5.41) is 11.8. The van der Waals surface area contributed by atoms with E-state index in [2.05, 4.69) is 5.32 Å². The fraction of sp³-hybridized carbons (Fsp3) is 0.167. The Morgan fingerprint density at radius 1 is 1.08 bits per heavy atom. The number of carboxylic acids is 1. The number of amides is 1. The number of aldehydes is 1. The first-order chi connectivity index (χ1) is 11.5. The van der Waals surface area contributed by atoms with E-state index >= 15 is 0 Å². The zero-order valence-electron chi connectivity index (χ0n) is 13.0. The van der Waals surface area contributed by atoms with E-state index in [-0.39, 0.29) is 0 Å². The average Bonchev–Trinajstić information content (AvgIpc) is 2.60. The van der Waals surface area contributed by atoms with Crippen LogP contribution in [0.25, 0.3) is 0 Å². The molecule has 6 heteroatoms. The minimum Gasteiger partial charge on any atom is -0.481 e. The average molecular weight is 327 g/mol. The molecule has 2 atom stereocenters. The predicted octanol–water partition coefficient (Wildman–Crippen LogP) is 2.21. The van der Waals surface area contributed by atoms with Gasteiger partial charge < -0.3 is 15.2 Å². The molecule has 2 N–H and O–H groups in total. The molecule has 124 valence electrons.